The fourth-order valence-corrected chi connectivity index (χ4v) is 3.29. The highest BCUT2D eigenvalue weighted by atomic mass is 35.5. The standard InChI is InChI=1S/C10H11ClN4O4S2/c1-20(16,17)15-9-3-2-7(6-8(9)11)14-21(18,19)10-4-5-12-13-10/h2-6,14-15H,1H3,(H,12,13). The number of hydrogen-bond acceptors (Lipinski definition) is 5. The van der Waals surface area contributed by atoms with E-state index in [-0.39, 0.29) is 21.4 Å². The molecule has 2 aromatic rings. The second-order valence-corrected chi connectivity index (χ2v) is 7.90. The molecule has 1 aromatic heterocycles. The zero-order chi connectivity index (χ0) is 15.7. The SMILES string of the molecule is CS(=O)(=O)Nc1ccc(NS(=O)(=O)c2ccn[nH]2)cc1Cl. The number of benzene rings is 1. The number of rotatable bonds is 5. The molecule has 114 valence electrons. The molecule has 3 N–H and O–H groups in total. The highest BCUT2D eigenvalue weighted by molar-refractivity contribution is 7.92. The first kappa shape index (κ1) is 15.6. The van der Waals surface area contributed by atoms with Crippen molar-refractivity contribution < 1.29 is 16.8 Å². The first-order valence-corrected chi connectivity index (χ1v) is 9.22. The van der Waals surface area contributed by atoms with Gasteiger partial charge >= 0.3 is 0 Å². The monoisotopic (exact) mass is 350 g/mol. The van der Waals surface area contributed by atoms with Crippen molar-refractivity contribution in [2.45, 2.75) is 5.03 Å². The summed E-state index contributed by atoms with van der Waals surface area (Å²) in [6, 6.07) is 5.33. The summed E-state index contributed by atoms with van der Waals surface area (Å²) < 4.78 is 50.7. The van der Waals surface area contributed by atoms with Gasteiger partial charge in [0.25, 0.3) is 10.0 Å². The summed E-state index contributed by atoms with van der Waals surface area (Å²) in [5.74, 6) is 0. The summed E-state index contributed by atoms with van der Waals surface area (Å²) >= 11 is 5.91. The summed E-state index contributed by atoms with van der Waals surface area (Å²) in [5, 5.41) is 5.85. The molecule has 0 saturated carbocycles. The van der Waals surface area contributed by atoms with Crippen LogP contribution in [0.5, 0.6) is 0 Å². The maximum Gasteiger partial charge on any atom is 0.278 e. The summed E-state index contributed by atoms with van der Waals surface area (Å²) in [6.07, 6.45) is 2.29. The zero-order valence-corrected chi connectivity index (χ0v) is 13.1. The summed E-state index contributed by atoms with van der Waals surface area (Å²) in [5.41, 5.74) is 0.345. The number of nitrogens with zero attached hydrogens (tertiary/aromatic N) is 1. The van der Waals surface area contributed by atoms with Gasteiger partial charge in [0.1, 0.15) is 0 Å². The summed E-state index contributed by atoms with van der Waals surface area (Å²) in [6.45, 7) is 0. The van der Waals surface area contributed by atoms with Gasteiger partial charge in [-0.05, 0) is 24.3 Å². The second-order valence-electron chi connectivity index (χ2n) is 4.10. The van der Waals surface area contributed by atoms with Crippen LogP contribution in [0, 0.1) is 0 Å². The van der Waals surface area contributed by atoms with Crippen molar-refractivity contribution in [2.75, 3.05) is 15.7 Å². The molecule has 0 spiro atoms. The van der Waals surface area contributed by atoms with Gasteiger partial charge in [0.05, 0.1) is 28.9 Å². The van der Waals surface area contributed by atoms with Crippen LogP contribution in [0.15, 0.2) is 35.5 Å². The van der Waals surface area contributed by atoms with Crippen LogP contribution in [-0.4, -0.2) is 33.3 Å². The smallest absolute Gasteiger partial charge is 0.278 e. The van der Waals surface area contributed by atoms with Crippen molar-refractivity contribution in [1.29, 1.82) is 0 Å². The minimum atomic E-state index is -3.80. The molecule has 11 heteroatoms. The van der Waals surface area contributed by atoms with Gasteiger partial charge in [0.15, 0.2) is 5.03 Å². The van der Waals surface area contributed by atoms with Crippen molar-refractivity contribution >= 4 is 43.0 Å². The van der Waals surface area contributed by atoms with Gasteiger partial charge in [-0.1, -0.05) is 11.6 Å². The molecule has 21 heavy (non-hydrogen) atoms. The van der Waals surface area contributed by atoms with E-state index in [0.29, 0.717) is 0 Å². The average Bonchev–Trinajstić information content (AvgIpc) is 2.85. The quantitative estimate of drug-likeness (QED) is 0.749. The Labute approximate surface area is 126 Å². The number of halogens is 1. The van der Waals surface area contributed by atoms with Crippen LogP contribution in [-0.2, 0) is 20.0 Å². The van der Waals surface area contributed by atoms with E-state index in [1.807, 2.05) is 0 Å². The molecule has 0 aliphatic heterocycles. The molecule has 0 atom stereocenters. The van der Waals surface area contributed by atoms with Gasteiger partial charge in [-0.2, -0.15) is 13.5 Å². The minimum Gasteiger partial charge on any atom is -0.282 e. The average molecular weight is 351 g/mol. The third-order valence-electron chi connectivity index (χ3n) is 2.28. The number of sulfonamides is 2. The zero-order valence-electron chi connectivity index (χ0n) is 10.7. The highest BCUT2D eigenvalue weighted by Crippen LogP contribution is 2.27. The number of aromatic amines is 1. The molecule has 0 unspecified atom stereocenters. The molecule has 0 aliphatic rings. The third kappa shape index (κ3) is 4.09. The Kier molecular flexibility index (Phi) is 4.12. The number of aromatic nitrogens is 2. The Morgan fingerprint density at radius 3 is 2.38 bits per heavy atom. The molecule has 0 bridgehead atoms. The Hall–Kier alpha value is -1.78. The lowest BCUT2D eigenvalue weighted by atomic mass is 10.3. The van der Waals surface area contributed by atoms with E-state index in [0.717, 1.165) is 6.26 Å². The van der Waals surface area contributed by atoms with Crippen LogP contribution in [0.25, 0.3) is 0 Å². The highest BCUT2D eigenvalue weighted by Gasteiger charge is 2.16. The fraction of sp³-hybridized carbons (Fsp3) is 0.100. The van der Waals surface area contributed by atoms with E-state index in [1.54, 1.807) is 0 Å². The van der Waals surface area contributed by atoms with E-state index in [1.165, 1.54) is 30.5 Å². The fourth-order valence-electron chi connectivity index (χ4n) is 1.46. The maximum atomic E-state index is 12.0. The normalized spacial score (nSPS) is 12.1. The van der Waals surface area contributed by atoms with Gasteiger partial charge in [0, 0.05) is 0 Å². The van der Waals surface area contributed by atoms with E-state index >= 15 is 0 Å². The Bertz CT molecular complexity index is 847. The lowest BCUT2D eigenvalue weighted by Gasteiger charge is -2.10. The molecular formula is C10H11ClN4O4S2. The van der Waals surface area contributed by atoms with Crippen LogP contribution < -0.4 is 9.44 Å². The van der Waals surface area contributed by atoms with E-state index in [4.69, 9.17) is 11.6 Å². The lowest BCUT2D eigenvalue weighted by Crippen LogP contribution is -2.14. The summed E-state index contributed by atoms with van der Waals surface area (Å²) in [7, 11) is -7.27. The van der Waals surface area contributed by atoms with E-state index < -0.39 is 20.0 Å². The Balaban J connectivity index is 2.25. The topological polar surface area (TPSA) is 121 Å². The van der Waals surface area contributed by atoms with E-state index in [2.05, 4.69) is 19.6 Å². The van der Waals surface area contributed by atoms with Crippen LogP contribution >= 0.6 is 11.6 Å². The molecule has 2 rings (SSSR count). The minimum absolute atomic E-state index is 0.0604. The lowest BCUT2D eigenvalue weighted by molar-refractivity contribution is 0.597. The second kappa shape index (κ2) is 5.54. The van der Waals surface area contributed by atoms with Crippen molar-refractivity contribution in [3.05, 3.63) is 35.5 Å². The van der Waals surface area contributed by atoms with Gasteiger partial charge in [-0.15, -0.1) is 0 Å². The molecule has 0 radical (unpaired) electrons. The first-order chi connectivity index (χ1) is 9.67. The summed E-state index contributed by atoms with van der Waals surface area (Å²) in [4.78, 5) is 0. The third-order valence-corrected chi connectivity index (χ3v) is 4.50. The predicted octanol–water partition coefficient (Wildman–Crippen LogP) is 1.24. The van der Waals surface area contributed by atoms with Crippen molar-refractivity contribution in [1.82, 2.24) is 10.2 Å². The molecule has 0 amide bonds. The number of anilines is 2. The molecule has 8 nitrogen and oxygen atoms in total. The molecule has 0 saturated heterocycles. The van der Waals surface area contributed by atoms with Gasteiger partial charge in [0.2, 0.25) is 10.0 Å². The van der Waals surface area contributed by atoms with Crippen molar-refractivity contribution in [3.63, 3.8) is 0 Å². The Morgan fingerprint density at radius 1 is 1.14 bits per heavy atom. The van der Waals surface area contributed by atoms with Crippen LogP contribution in [0.1, 0.15) is 0 Å². The van der Waals surface area contributed by atoms with Gasteiger partial charge in [-0.3, -0.25) is 14.5 Å². The maximum absolute atomic E-state index is 12.0. The molecule has 1 aromatic carbocycles. The predicted molar refractivity (Wildman–Crippen MR) is 79.3 cm³/mol. The first-order valence-electron chi connectivity index (χ1n) is 5.47. The Morgan fingerprint density at radius 2 is 1.86 bits per heavy atom. The van der Waals surface area contributed by atoms with Crippen molar-refractivity contribution in [2.24, 2.45) is 0 Å². The number of hydrogen-bond donors (Lipinski definition) is 3. The molecule has 0 aliphatic carbocycles. The molecule has 1 heterocycles. The van der Waals surface area contributed by atoms with Gasteiger partial charge < -0.3 is 0 Å². The number of nitrogens with one attached hydrogen (secondary N) is 3. The van der Waals surface area contributed by atoms with Crippen molar-refractivity contribution in [3.8, 4) is 0 Å². The largest absolute Gasteiger partial charge is 0.282 e. The molecule has 0 fully saturated rings. The molecular weight excluding hydrogens is 340 g/mol. The van der Waals surface area contributed by atoms with Crippen LogP contribution in [0.3, 0.4) is 0 Å². The van der Waals surface area contributed by atoms with Crippen LogP contribution in [0.2, 0.25) is 5.02 Å². The van der Waals surface area contributed by atoms with Crippen LogP contribution in [0.4, 0.5) is 11.4 Å². The van der Waals surface area contributed by atoms with E-state index in [9.17, 15) is 16.8 Å². The van der Waals surface area contributed by atoms with Gasteiger partial charge in [-0.25, -0.2) is 8.42 Å². The number of H-pyrrole nitrogens is 1.